The highest BCUT2D eigenvalue weighted by molar-refractivity contribution is 7.99. The van der Waals surface area contributed by atoms with Gasteiger partial charge in [-0.1, -0.05) is 47.7 Å². The zero-order valence-electron chi connectivity index (χ0n) is 14.2. The maximum atomic E-state index is 15.0. The predicted octanol–water partition coefficient (Wildman–Crippen LogP) is 5.96. The van der Waals surface area contributed by atoms with Gasteiger partial charge in [0, 0.05) is 4.90 Å². The van der Waals surface area contributed by atoms with Crippen molar-refractivity contribution in [1.29, 1.82) is 10.5 Å². The van der Waals surface area contributed by atoms with Crippen molar-refractivity contribution < 1.29 is 13.5 Å². The molecule has 0 aliphatic heterocycles. The van der Waals surface area contributed by atoms with Crippen molar-refractivity contribution in [2.45, 2.75) is 16.7 Å². The van der Waals surface area contributed by atoms with Crippen LogP contribution in [-0.4, -0.2) is 0 Å². The highest BCUT2D eigenvalue weighted by Gasteiger charge is 2.27. The summed E-state index contributed by atoms with van der Waals surface area (Å²) in [5.74, 6) is -2.16. The summed E-state index contributed by atoms with van der Waals surface area (Å²) in [4.78, 5) is 0.452. The SMILES string of the molecule is Cc1ccc(Oc2c(F)c(C#N)c(C#N)c(F)c2Sc2ccccc2)cc1. The molecule has 0 atom stereocenters. The molecule has 3 rings (SSSR count). The fourth-order valence-corrected chi connectivity index (χ4v) is 3.31. The summed E-state index contributed by atoms with van der Waals surface area (Å²) in [7, 11) is 0. The van der Waals surface area contributed by atoms with Gasteiger partial charge in [-0.25, -0.2) is 8.78 Å². The summed E-state index contributed by atoms with van der Waals surface area (Å²) in [6.45, 7) is 1.89. The zero-order chi connectivity index (χ0) is 19.4. The molecule has 0 saturated heterocycles. The van der Waals surface area contributed by atoms with E-state index in [0.29, 0.717) is 10.6 Å². The molecule has 0 aliphatic rings. The summed E-state index contributed by atoms with van der Waals surface area (Å²) in [6.07, 6.45) is 0. The van der Waals surface area contributed by atoms with Crippen molar-refractivity contribution >= 4 is 11.8 Å². The number of halogens is 2. The molecule has 0 heterocycles. The van der Waals surface area contributed by atoms with Crippen molar-refractivity contribution in [2.24, 2.45) is 0 Å². The van der Waals surface area contributed by atoms with Crippen molar-refractivity contribution in [3.8, 4) is 23.6 Å². The highest BCUT2D eigenvalue weighted by Crippen LogP contribution is 2.43. The molecule has 3 aromatic rings. The number of ether oxygens (including phenoxy) is 1. The third-order valence-corrected chi connectivity index (χ3v) is 4.80. The largest absolute Gasteiger partial charge is 0.453 e. The minimum absolute atomic E-state index is 0.185. The average molecular weight is 378 g/mol. The second kappa shape index (κ2) is 7.90. The van der Waals surface area contributed by atoms with Gasteiger partial charge in [-0.3, -0.25) is 0 Å². The number of hydrogen-bond donors (Lipinski definition) is 0. The van der Waals surface area contributed by atoms with E-state index in [1.807, 2.05) is 6.92 Å². The van der Waals surface area contributed by atoms with Gasteiger partial charge in [-0.05, 0) is 31.2 Å². The van der Waals surface area contributed by atoms with Gasteiger partial charge in [-0.2, -0.15) is 10.5 Å². The average Bonchev–Trinajstić information content (AvgIpc) is 2.69. The second-order valence-electron chi connectivity index (χ2n) is 5.59. The summed E-state index contributed by atoms with van der Waals surface area (Å²) >= 11 is 0.926. The van der Waals surface area contributed by atoms with E-state index in [1.54, 1.807) is 66.7 Å². The molecular weight excluding hydrogens is 366 g/mol. The Bertz CT molecular complexity index is 1070. The number of nitrogens with zero attached hydrogens (tertiary/aromatic N) is 2. The number of benzene rings is 3. The van der Waals surface area contributed by atoms with Crippen LogP contribution in [0.1, 0.15) is 16.7 Å². The molecule has 6 heteroatoms. The van der Waals surface area contributed by atoms with Crippen LogP contribution in [0.4, 0.5) is 8.78 Å². The molecule has 132 valence electrons. The highest BCUT2D eigenvalue weighted by atomic mass is 32.2. The smallest absolute Gasteiger partial charge is 0.186 e. The number of aryl methyl sites for hydroxylation is 1. The number of nitriles is 2. The molecule has 0 N–H and O–H groups in total. The second-order valence-corrected chi connectivity index (χ2v) is 6.67. The predicted molar refractivity (Wildman–Crippen MR) is 97.6 cm³/mol. The summed E-state index contributed by atoms with van der Waals surface area (Å²) in [5.41, 5.74) is -0.329. The van der Waals surface area contributed by atoms with Crippen molar-refractivity contribution in [1.82, 2.24) is 0 Å². The van der Waals surface area contributed by atoms with Crippen molar-refractivity contribution in [3.05, 3.63) is 82.9 Å². The van der Waals surface area contributed by atoms with E-state index in [2.05, 4.69) is 0 Å². The molecule has 0 radical (unpaired) electrons. The topological polar surface area (TPSA) is 56.8 Å². The molecule has 3 aromatic carbocycles. The van der Waals surface area contributed by atoms with Crippen LogP contribution in [0, 0.1) is 41.2 Å². The standard InChI is InChI=1S/C21H12F2N2OS/c1-13-7-9-14(10-8-13)26-20-18(22)16(11-24)17(12-25)19(23)21(20)27-15-5-3-2-4-6-15/h2-10H,1H3. The third-order valence-electron chi connectivity index (χ3n) is 3.72. The normalized spacial score (nSPS) is 10.1. The van der Waals surface area contributed by atoms with Crippen LogP contribution in [0.25, 0.3) is 0 Å². The summed E-state index contributed by atoms with van der Waals surface area (Å²) < 4.78 is 35.5. The van der Waals surface area contributed by atoms with E-state index in [0.717, 1.165) is 17.3 Å². The first kappa shape index (κ1) is 18.4. The van der Waals surface area contributed by atoms with Crippen LogP contribution >= 0.6 is 11.8 Å². The Morgan fingerprint density at radius 1 is 0.852 bits per heavy atom. The van der Waals surface area contributed by atoms with Gasteiger partial charge >= 0.3 is 0 Å². The molecule has 0 saturated carbocycles. The maximum absolute atomic E-state index is 15.0. The van der Waals surface area contributed by atoms with Gasteiger partial charge in [0.25, 0.3) is 0 Å². The molecule has 0 unspecified atom stereocenters. The first-order chi connectivity index (χ1) is 13.0. The third kappa shape index (κ3) is 3.76. The van der Waals surface area contributed by atoms with E-state index in [-0.39, 0.29) is 4.90 Å². The molecule has 27 heavy (non-hydrogen) atoms. The molecule has 0 aromatic heterocycles. The van der Waals surface area contributed by atoms with Crippen LogP contribution in [0.3, 0.4) is 0 Å². The maximum Gasteiger partial charge on any atom is 0.186 e. The lowest BCUT2D eigenvalue weighted by molar-refractivity contribution is 0.418. The molecule has 0 spiro atoms. The Balaban J connectivity index is 2.19. The Hall–Kier alpha value is -3.35. The van der Waals surface area contributed by atoms with Gasteiger partial charge in [0.15, 0.2) is 17.4 Å². The van der Waals surface area contributed by atoms with Crippen molar-refractivity contribution in [2.75, 3.05) is 0 Å². The number of hydrogen-bond acceptors (Lipinski definition) is 4. The lowest BCUT2D eigenvalue weighted by Crippen LogP contribution is -2.02. The fourth-order valence-electron chi connectivity index (χ4n) is 2.37. The molecule has 0 amide bonds. The zero-order valence-corrected chi connectivity index (χ0v) is 15.0. The summed E-state index contributed by atoms with van der Waals surface area (Å²) in [5, 5.41) is 18.4. The van der Waals surface area contributed by atoms with E-state index in [1.165, 1.54) is 0 Å². The lowest BCUT2D eigenvalue weighted by Gasteiger charge is -2.15. The van der Waals surface area contributed by atoms with Gasteiger partial charge < -0.3 is 4.74 Å². The first-order valence-corrected chi connectivity index (χ1v) is 8.69. The van der Waals surface area contributed by atoms with Gasteiger partial charge in [0.1, 0.15) is 29.0 Å². The Labute approximate surface area is 159 Å². The number of rotatable bonds is 4. The quantitative estimate of drug-likeness (QED) is 0.562. The van der Waals surface area contributed by atoms with Gasteiger partial charge in [0.05, 0.1) is 4.90 Å². The van der Waals surface area contributed by atoms with Crippen LogP contribution in [0.5, 0.6) is 11.5 Å². The molecular formula is C21H12F2N2OS. The minimum Gasteiger partial charge on any atom is -0.453 e. The van der Waals surface area contributed by atoms with Crippen molar-refractivity contribution in [3.63, 3.8) is 0 Å². The molecule has 0 aliphatic carbocycles. The van der Waals surface area contributed by atoms with Gasteiger partial charge in [-0.15, -0.1) is 0 Å². The minimum atomic E-state index is -1.06. The first-order valence-electron chi connectivity index (χ1n) is 7.87. The van der Waals surface area contributed by atoms with Crippen LogP contribution < -0.4 is 4.74 Å². The van der Waals surface area contributed by atoms with E-state index >= 15 is 0 Å². The molecule has 0 bridgehead atoms. The van der Waals surface area contributed by atoms with E-state index in [4.69, 9.17) is 4.74 Å². The fraction of sp³-hybridized carbons (Fsp3) is 0.0476. The lowest BCUT2D eigenvalue weighted by atomic mass is 10.1. The Morgan fingerprint density at radius 3 is 2.04 bits per heavy atom. The van der Waals surface area contributed by atoms with Gasteiger partial charge in [0.2, 0.25) is 0 Å². The van der Waals surface area contributed by atoms with Crippen LogP contribution in [0.2, 0.25) is 0 Å². The monoisotopic (exact) mass is 378 g/mol. The summed E-state index contributed by atoms with van der Waals surface area (Å²) in [6, 6.07) is 18.7. The Morgan fingerprint density at radius 2 is 1.44 bits per heavy atom. The van der Waals surface area contributed by atoms with Crippen LogP contribution in [-0.2, 0) is 0 Å². The molecule has 0 fully saturated rings. The Kier molecular flexibility index (Phi) is 5.40. The molecule has 3 nitrogen and oxygen atoms in total. The van der Waals surface area contributed by atoms with Crippen LogP contribution in [0.15, 0.2) is 64.4 Å². The van der Waals surface area contributed by atoms with E-state index < -0.39 is 28.5 Å². The van der Waals surface area contributed by atoms with E-state index in [9.17, 15) is 19.3 Å².